The van der Waals surface area contributed by atoms with E-state index in [0.29, 0.717) is 0 Å². The van der Waals surface area contributed by atoms with E-state index in [2.05, 4.69) is 11.6 Å². The lowest BCUT2D eigenvalue weighted by Gasteiger charge is -1.85. The molecule has 0 aliphatic carbocycles. The Labute approximate surface area is 69.5 Å². The van der Waals surface area contributed by atoms with Crippen molar-refractivity contribution >= 4 is 13.4 Å². The maximum Gasteiger partial charge on any atom is 0.196 e. The van der Waals surface area contributed by atoms with Crippen LogP contribution < -0.4 is 0 Å². The van der Waals surface area contributed by atoms with Crippen LogP contribution >= 0.6 is 0 Å². The Hall–Kier alpha value is -1.05. The molecule has 0 heterocycles. The van der Waals surface area contributed by atoms with Crippen LogP contribution in [0, 0.1) is 0 Å². The largest absolute Gasteiger partial charge is 0.276 e. The van der Waals surface area contributed by atoms with Crippen molar-refractivity contribution in [2.45, 2.75) is 13.8 Å². The van der Waals surface area contributed by atoms with Gasteiger partial charge in [-0.2, -0.15) is 0 Å². The van der Waals surface area contributed by atoms with E-state index in [1.165, 1.54) is 0 Å². The third-order valence-electron chi connectivity index (χ3n) is 1.14. The summed E-state index contributed by atoms with van der Waals surface area (Å²) in [7, 11) is 1.87. The first-order chi connectivity index (χ1) is 5.31. The fraction of sp³-hybridized carbons (Fsp3) is 0.222. The second-order valence-corrected chi connectivity index (χ2v) is 2.02. The lowest BCUT2D eigenvalue weighted by molar-refractivity contribution is 1.30. The molecule has 2 heteroatoms. The Morgan fingerprint density at radius 2 is 2.27 bits per heavy atom. The summed E-state index contributed by atoms with van der Waals surface area (Å²) in [5.41, 5.74) is 1.02. The highest BCUT2D eigenvalue weighted by atomic mass is 14.7. The molecule has 1 radical (unpaired) electrons. The average molecular weight is 146 g/mol. The minimum absolute atomic E-state index is 1.02. The highest BCUT2D eigenvalue weighted by molar-refractivity contribution is 6.72. The molecule has 0 aliphatic rings. The van der Waals surface area contributed by atoms with Crippen LogP contribution in [0.1, 0.15) is 13.8 Å². The van der Waals surface area contributed by atoms with Crippen molar-refractivity contribution < 1.29 is 0 Å². The zero-order valence-electron chi connectivity index (χ0n) is 7.12. The number of rotatable bonds is 4. The summed E-state index contributed by atoms with van der Waals surface area (Å²) in [4.78, 5) is 4.11. The molecule has 0 aromatic heterocycles. The number of allylic oxidation sites excluding steroid dienone is 4. The molecular weight excluding hydrogens is 133 g/mol. The van der Waals surface area contributed by atoms with Crippen molar-refractivity contribution in [2.75, 3.05) is 0 Å². The summed E-state index contributed by atoms with van der Waals surface area (Å²) < 4.78 is 0. The lowest BCUT2D eigenvalue weighted by Crippen LogP contribution is -1.85. The van der Waals surface area contributed by atoms with E-state index >= 15 is 0 Å². The van der Waals surface area contributed by atoms with Gasteiger partial charge < -0.3 is 0 Å². The van der Waals surface area contributed by atoms with Crippen molar-refractivity contribution in [1.29, 1.82) is 0 Å². The quantitative estimate of drug-likeness (QED) is 0.328. The van der Waals surface area contributed by atoms with E-state index in [1.807, 2.05) is 39.3 Å². The van der Waals surface area contributed by atoms with Crippen LogP contribution in [0.5, 0.6) is 0 Å². The van der Waals surface area contributed by atoms with E-state index in [-0.39, 0.29) is 0 Å². The summed E-state index contributed by atoms with van der Waals surface area (Å²) in [6.45, 7) is 7.47. The molecule has 0 aromatic carbocycles. The topological polar surface area (TPSA) is 12.4 Å². The lowest BCUT2D eigenvalue weighted by atomic mass is 9.81. The first-order valence-corrected chi connectivity index (χ1v) is 3.59. The van der Waals surface area contributed by atoms with Crippen LogP contribution in [0.15, 0.2) is 41.5 Å². The molecule has 0 saturated heterocycles. The molecule has 1 nitrogen and oxygen atoms in total. The molecule has 0 aliphatic heterocycles. The van der Waals surface area contributed by atoms with Crippen LogP contribution in [0.4, 0.5) is 0 Å². The molecule has 0 aromatic rings. The van der Waals surface area contributed by atoms with E-state index in [0.717, 1.165) is 5.70 Å². The number of hydrogen-bond donors (Lipinski definition) is 0. The van der Waals surface area contributed by atoms with E-state index in [9.17, 15) is 0 Å². The summed E-state index contributed by atoms with van der Waals surface area (Å²) in [6.07, 6.45) is 7.31. The zero-order valence-corrected chi connectivity index (χ0v) is 7.12. The van der Waals surface area contributed by atoms with Crippen molar-refractivity contribution in [3.63, 3.8) is 0 Å². The van der Waals surface area contributed by atoms with Gasteiger partial charge in [0.15, 0.2) is 7.28 Å². The first kappa shape index (κ1) is 9.95. The fourth-order valence-electron chi connectivity index (χ4n) is 0.428. The van der Waals surface area contributed by atoms with E-state index in [1.54, 1.807) is 12.2 Å². The molecule has 0 unspecified atom stereocenters. The Morgan fingerprint density at radius 1 is 1.55 bits per heavy atom. The molecule has 11 heavy (non-hydrogen) atoms. The molecule has 0 N–H and O–H groups in total. The summed E-state index contributed by atoms with van der Waals surface area (Å²) in [5, 5.41) is 0. The highest BCUT2D eigenvalue weighted by Gasteiger charge is 1.77. The third kappa shape index (κ3) is 6.85. The Kier molecular flexibility index (Phi) is 6.40. The van der Waals surface area contributed by atoms with Gasteiger partial charge in [-0.15, -0.1) is 5.98 Å². The molecule has 0 rings (SSSR count). The SMILES string of the molecule is C=C/C=C/[B]C=N/C(C)=C/C. The van der Waals surface area contributed by atoms with Crippen molar-refractivity contribution in [2.24, 2.45) is 4.99 Å². The van der Waals surface area contributed by atoms with Crippen LogP contribution in [-0.2, 0) is 0 Å². The van der Waals surface area contributed by atoms with Gasteiger partial charge in [-0.05, 0) is 20.0 Å². The maximum absolute atomic E-state index is 4.11. The molecule has 0 bridgehead atoms. The minimum Gasteiger partial charge on any atom is -0.276 e. The van der Waals surface area contributed by atoms with Crippen LogP contribution in [0.25, 0.3) is 0 Å². The smallest absolute Gasteiger partial charge is 0.196 e. The Morgan fingerprint density at radius 3 is 2.82 bits per heavy atom. The van der Waals surface area contributed by atoms with Crippen molar-refractivity contribution in [3.05, 3.63) is 36.5 Å². The molecule has 0 amide bonds. The van der Waals surface area contributed by atoms with Crippen LogP contribution in [0.3, 0.4) is 0 Å². The van der Waals surface area contributed by atoms with Crippen LogP contribution in [0.2, 0.25) is 0 Å². The molecule has 57 valence electrons. The number of nitrogens with zero attached hydrogens (tertiary/aromatic N) is 1. The van der Waals surface area contributed by atoms with Gasteiger partial charge in [0.25, 0.3) is 0 Å². The van der Waals surface area contributed by atoms with Gasteiger partial charge in [-0.3, -0.25) is 4.99 Å². The monoisotopic (exact) mass is 146 g/mol. The summed E-state index contributed by atoms with van der Waals surface area (Å²) in [6, 6.07) is 0. The number of aliphatic imine (C=N–C) groups is 1. The third-order valence-corrected chi connectivity index (χ3v) is 1.14. The predicted molar refractivity (Wildman–Crippen MR) is 53.0 cm³/mol. The normalized spacial score (nSPS) is 12.7. The maximum atomic E-state index is 4.11. The van der Waals surface area contributed by atoms with Crippen molar-refractivity contribution in [1.82, 2.24) is 0 Å². The van der Waals surface area contributed by atoms with E-state index in [4.69, 9.17) is 0 Å². The van der Waals surface area contributed by atoms with Gasteiger partial charge in [-0.25, -0.2) is 0 Å². The summed E-state index contributed by atoms with van der Waals surface area (Å²) in [5.74, 6) is 1.89. The van der Waals surface area contributed by atoms with Gasteiger partial charge in [0.1, 0.15) is 0 Å². The highest BCUT2D eigenvalue weighted by Crippen LogP contribution is 1.89. The molecule has 0 spiro atoms. The predicted octanol–water partition coefficient (Wildman–Crippen LogP) is 2.34. The van der Waals surface area contributed by atoms with Gasteiger partial charge in [0, 0.05) is 5.70 Å². The van der Waals surface area contributed by atoms with Gasteiger partial charge in [0.2, 0.25) is 0 Å². The fourth-order valence-corrected chi connectivity index (χ4v) is 0.428. The van der Waals surface area contributed by atoms with Crippen LogP contribution in [-0.4, -0.2) is 13.4 Å². The Balaban J connectivity index is 3.61. The second kappa shape index (κ2) is 7.07. The second-order valence-electron chi connectivity index (χ2n) is 2.02. The summed E-state index contributed by atoms with van der Waals surface area (Å²) >= 11 is 0. The minimum atomic E-state index is 1.02. The van der Waals surface area contributed by atoms with Gasteiger partial charge >= 0.3 is 0 Å². The molecular formula is C9H13BN. The first-order valence-electron chi connectivity index (χ1n) is 3.59. The zero-order chi connectivity index (χ0) is 8.53. The molecule has 0 saturated carbocycles. The van der Waals surface area contributed by atoms with Gasteiger partial charge in [0.05, 0.1) is 0 Å². The molecule has 0 atom stereocenters. The standard InChI is InChI=1S/C9H13BN/c1-4-6-7-10-8-11-9(3)5-2/h4-8H,1H2,2-3H3/b7-6+,9-5+,11-8?. The Bertz CT molecular complexity index is 190. The number of hydrogen-bond acceptors (Lipinski definition) is 1. The van der Waals surface area contributed by atoms with Gasteiger partial charge in [-0.1, -0.05) is 24.8 Å². The average Bonchev–Trinajstić information content (AvgIpc) is 2.04. The van der Waals surface area contributed by atoms with Crippen molar-refractivity contribution in [3.8, 4) is 0 Å². The van der Waals surface area contributed by atoms with E-state index < -0.39 is 0 Å². The molecule has 0 fully saturated rings.